The number of halogens is 2. The van der Waals surface area contributed by atoms with Crippen LogP contribution in [0.15, 0.2) is 6.20 Å². The summed E-state index contributed by atoms with van der Waals surface area (Å²) in [5, 5.41) is 6.18. The summed E-state index contributed by atoms with van der Waals surface area (Å²) in [6.07, 6.45) is 7.04. The minimum absolute atomic E-state index is 0.403. The highest BCUT2D eigenvalue weighted by Crippen LogP contribution is 2.41. The van der Waals surface area contributed by atoms with E-state index in [4.69, 9.17) is 11.6 Å². The Morgan fingerprint density at radius 2 is 2.20 bits per heavy atom. The van der Waals surface area contributed by atoms with Gasteiger partial charge in [0.2, 0.25) is 0 Å². The molecule has 1 fully saturated rings. The Balaban J connectivity index is 2.16. The van der Waals surface area contributed by atoms with Crippen molar-refractivity contribution in [3.8, 4) is 0 Å². The van der Waals surface area contributed by atoms with Gasteiger partial charge in [-0.3, -0.25) is 4.68 Å². The summed E-state index contributed by atoms with van der Waals surface area (Å²) in [5.41, 5.74) is 1.49. The van der Waals surface area contributed by atoms with E-state index in [9.17, 15) is 0 Å². The first-order chi connectivity index (χ1) is 7.17. The van der Waals surface area contributed by atoms with Crippen molar-refractivity contribution in [3.05, 3.63) is 16.9 Å². The smallest absolute Gasteiger partial charge is 0.0814 e. The lowest BCUT2D eigenvalue weighted by molar-refractivity contribution is 0.275. The highest BCUT2D eigenvalue weighted by atomic mass is 79.9. The van der Waals surface area contributed by atoms with E-state index in [0.717, 1.165) is 22.6 Å². The van der Waals surface area contributed by atoms with E-state index >= 15 is 0 Å². The van der Waals surface area contributed by atoms with Gasteiger partial charge in [-0.15, -0.1) is 0 Å². The van der Waals surface area contributed by atoms with Crippen LogP contribution in [0.4, 0.5) is 0 Å². The van der Waals surface area contributed by atoms with Gasteiger partial charge >= 0.3 is 0 Å². The first kappa shape index (κ1) is 11.5. The first-order valence-corrected chi connectivity index (χ1v) is 6.91. The highest BCUT2D eigenvalue weighted by molar-refractivity contribution is 9.09. The zero-order valence-corrected chi connectivity index (χ0v) is 11.3. The van der Waals surface area contributed by atoms with Gasteiger partial charge in [0, 0.05) is 11.9 Å². The van der Waals surface area contributed by atoms with Crippen LogP contribution in [0, 0.1) is 12.3 Å². The fourth-order valence-electron chi connectivity index (χ4n) is 2.36. The van der Waals surface area contributed by atoms with Crippen molar-refractivity contribution in [3.63, 3.8) is 0 Å². The minimum Gasteiger partial charge on any atom is -0.268 e. The Hall–Kier alpha value is -0.0200. The molecule has 1 aromatic heterocycles. The monoisotopic (exact) mass is 290 g/mol. The summed E-state index contributed by atoms with van der Waals surface area (Å²) in [7, 11) is 0. The molecule has 4 heteroatoms. The molecule has 1 aliphatic carbocycles. The van der Waals surface area contributed by atoms with E-state index in [-0.39, 0.29) is 0 Å². The largest absolute Gasteiger partial charge is 0.268 e. The fourth-order valence-corrected chi connectivity index (χ4v) is 3.24. The van der Waals surface area contributed by atoms with E-state index in [1.165, 1.54) is 25.7 Å². The Bertz CT molecular complexity index is 342. The van der Waals surface area contributed by atoms with Gasteiger partial charge in [0.25, 0.3) is 0 Å². The van der Waals surface area contributed by atoms with Crippen molar-refractivity contribution >= 4 is 27.5 Å². The van der Waals surface area contributed by atoms with Crippen LogP contribution in [0.1, 0.15) is 31.4 Å². The van der Waals surface area contributed by atoms with E-state index in [1.54, 1.807) is 6.20 Å². The molecule has 0 saturated heterocycles. The maximum atomic E-state index is 6.01. The molecule has 1 saturated carbocycles. The van der Waals surface area contributed by atoms with E-state index < -0.39 is 0 Å². The molecule has 0 N–H and O–H groups in total. The van der Waals surface area contributed by atoms with Crippen molar-refractivity contribution in [2.45, 2.75) is 39.2 Å². The van der Waals surface area contributed by atoms with E-state index in [0.29, 0.717) is 5.41 Å². The van der Waals surface area contributed by atoms with Crippen molar-refractivity contribution in [1.29, 1.82) is 0 Å². The summed E-state index contributed by atoms with van der Waals surface area (Å²) >= 11 is 9.66. The highest BCUT2D eigenvalue weighted by Gasteiger charge is 2.33. The lowest BCUT2D eigenvalue weighted by Gasteiger charge is -2.26. The van der Waals surface area contributed by atoms with Crippen molar-refractivity contribution in [2.75, 3.05) is 5.33 Å². The summed E-state index contributed by atoms with van der Waals surface area (Å²) in [6, 6.07) is 0. The molecular weight excluding hydrogens is 275 g/mol. The first-order valence-electron chi connectivity index (χ1n) is 5.41. The molecule has 0 spiro atoms. The molecule has 2 rings (SSSR count). The Morgan fingerprint density at radius 3 is 2.67 bits per heavy atom. The third-order valence-electron chi connectivity index (χ3n) is 3.48. The molecule has 0 bridgehead atoms. The molecule has 84 valence electrons. The van der Waals surface area contributed by atoms with Gasteiger partial charge in [-0.05, 0) is 25.2 Å². The van der Waals surface area contributed by atoms with Gasteiger partial charge in [0.05, 0.1) is 16.9 Å². The second-order valence-corrected chi connectivity index (χ2v) is 5.54. The maximum Gasteiger partial charge on any atom is 0.0814 e. The Kier molecular flexibility index (Phi) is 3.41. The molecule has 1 heterocycles. The summed E-state index contributed by atoms with van der Waals surface area (Å²) in [6.45, 7) is 3.03. The van der Waals surface area contributed by atoms with Gasteiger partial charge in [-0.1, -0.05) is 40.4 Å². The van der Waals surface area contributed by atoms with Crippen molar-refractivity contribution in [2.24, 2.45) is 5.41 Å². The molecule has 0 aromatic carbocycles. The van der Waals surface area contributed by atoms with Gasteiger partial charge in [-0.25, -0.2) is 0 Å². The molecule has 0 amide bonds. The van der Waals surface area contributed by atoms with Crippen LogP contribution in [-0.4, -0.2) is 15.1 Å². The number of aromatic nitrogens is 2. The third-order valence-corrected chi connectivity index (χ3v) is 5.04. The van der Waals surface area contributed by atoms with Crippen molar-refractivity contribution < 1.29 is 0 Å². The van der Waals surface area contributed by atoms with Gasteiger partial charge in [0.15, 0.2) is 0 Å². The van der Waals surface area contributed by atoms with E-state index in [1.807, 2.05) is 6.92 Å². The molecule has 0 unspecified atom stereocenters. The Labute approximate surface area is 104 Å². The third kappa shape index (κ3) is 2.23. The SMILES string of the molecule is Cc1c(Cl)cnn1CC1(CBr)CCCC1. The normalized spacial score (nSPS) is 19.7. The van der Waals surface area contributed by atoms with Crippen LogP contribution in [0.25, 0.3) is 0 Å². The molecule has 0 aliphatic heterocycles. The van der Waals surface area contributed by atoms with Crippen LogP contribution >= 0.6 is 27.5 Å². The lowest BCUT2D eigenvalue weighted by Crippen LogP contribution is -2.26. The van der Waals surface area contributed by atoms with E-state index in [2.05, 4.69) is 25.7 Å². The van der Waals surface area contributed by atoms with Gasteiger partial charge in [0.1, 0.15) is 0 Å². The van der Waals surface area contributed by atoms with Crippen molar-refractivity contribution in [1.82, 2.24) is 9.78 Å². The zero-order valence-electron chi connectivity index (χ0n) is 8.97. The minimum atomic E-state index is 0.403. The molecule has 0 atom stereocenters. The average Bonchev–Trinajstić information content (AvgIpc) is 2.82. The van der Waals surface area contributed by atoms with Crippen LogP contribution < -0.4 is 0 Å². The van der Waals surface area contributed by atoms with Gasteiger partial charge in [-0.2, -0.15) is 5.10 Å². The number of hydrogen-bond acceptors (Lipinski definition) is 1. The molecule has 15 heavy (non-hydrogen) atoms. The predicted molar refractivity (Wildman–Crippen MR) is 66.7 cm³/mol. The molecular formula is C11H16BrClN2. The predicted octanol–water partition coefficient (Wildman–Crippen LogP) is 3.80. The van der Waals surface area contributed by atoms with Crippen LogP contribution in [0.5, 0.6) is 0 Å². The van der Waals surface area contributed by atoms with Crippen LogP contribution in [0.3, 0.4) is 0 Å². The number of alkyl halides is 1. The lowest BCUT2D eigenvalue weighted by atomic mass is 9.89. The quantitative estimate of drug-likeness (QED) is 0.775. The summed E-state index contributed by atoms with van der Waals surface area (Å²) in [4.78, 5) is 0. The second-order valence-electron chi connectivity index (χ2n) is 4.58. The standard InChI is InChI=1S/C11H16BrClN2/c1-9-10(13)6-14-15(9)8-11(7-12)4-2-3-5-11/h6H,2-5,7-8H2,1H3. The van der Waals surface area contributed by atoms with Crippen LogP contribution in [0.2, 0.25) is 5.02 Å². The molecule has 1 aliphatic rings. The van der Waals surface area contributed by atoms with Crippen LogP contribution in [-0.2, 0) is 6.54 Å². The summed E-state index contributed by atoms with van der Waals surface area (Å²) < 4.78 is 2.05. The second kappa shape index (κ2) is 4.46. The molecule has 2 nitrogen and oxygen atoms in total. The maximum absolute atomic E-state index is 6.01. The number of hydrogen-bond donors (Lipinski definition) is 0. The Morgan fingerprint density at radius 1 is 1.53 bits per heavy atom. The number of nitrogens with zero attached hydrogens (tertiary/aromatic N) is 2. The average molecular weight is 292 g/mol. The summed E-state index contributed by atoms with van der Waals surface area (Å²) in [5.74, 6) is 0. The van der Waals surface area contributed by atoms with Gasteiger partial charge < -0.3 is 0 Å². The topological polar surface area (TPSA) is 17.8 Å². The zero-order chi connectivity index (χ0) is 10.9. The molecule has 0 radical (unpaired) electrons. The molecule has 1 aromatic rings. The fraction of sp³-hybridized carbons (Fsp3) is 0.727. The number of rotatable bonds is 3.